The number of fused-ring (bicyclic) bond motifs is 1. The van der Waals surface area contributed by atoms with Crippen LogP contribution < -0.4 is 10.9 Å². The maximum Gasteiger partial charge on any atom is 0.270 e. The van der Waals surface area contributed by atoms with Gasteiger partial charge in [0.2, 0.25) is 5.91 Å². The molecule has 1 aliphatic rings. The Morgan fingerprint density at radius 1 is 1.30 bits per heavy atom. The highest BCUT2D eigenvalue weighted by Gasteiger charge is 2.32. The lowest BCUT2D eigenvalue weighted by Crippen LogP contribution is -2.17. The van der Waals surface area contributed by atoms with Gasteiger partial charge in [0, 0.05) is 17.7 Å². The van der Waals surface area contributed by atoms with Crippen molar-refractivity contribution < 1.29 is 13.6 Å². The molecule has 3 rings (SSSR count). The first-order chi connectivity index (χ1) is 10.9. The molecule has 1 aliphatic heterocycles. The molecule has 122 valence electrons. The normalized spacial score (nSPS) is 17.8. The van der Waals surface area contributed by atoms with Crippen molar-refractivity contribution in [3.63, 3.8) is 0 Å². The number of halogens is 2. The number of nitrogens with one attached hydrogen (secondary N) is 2. The standard InChI is InChI=1S/C15H15F2N3O2S/c1-7(2)20-14-12(15(22)19-20)13(23-6-11(21)18-14)9-4-3-8(16)5-10(9)17/h3-5,7,13H,6H2,1-2H3,(H,18,21)(H,19,22)/t13-/m1/s1. The van der Waals surface area contributed by atoms with E-state index in [9.17, 15) is 18.4 Å². The Morgan fingerprint density at radius 2 is 2.04 bits per heavy atom. The van der Waals surface area contributed by atoms with Crippen molar-refractivity contribution in [1.82, 2.24) is 9.78 Å². The molecule has 0 saturated carbocycles. The van der Waals surface area contributed by atoms with Gasteiger partial charge in [-0.25, -0.2) is 8.78 Å². The summed E-state index contributed by atoms with van der Waals surface area (Å²) in [5.74, 6) is -1.27. The molecule has 5 nitrogen and oxygen atoms in total. The van der Waals surface area contributed by atoms with Crippen LogP contribution in [-0.2, 0) is 4.79 Å². The average Bonchev–Trinajstić information content (AvgIpc) is 2.68. The Balaban J connectivity index is 2.21. The van der Waals surface area contributed by atoms with Crippen molar-refractivity contribution >= 4 is 23.5 Å². The molecule has 1 aromatic heterocycles. The number of carbonyl (C=O) groups is 1. The first-order valence-electron chi connectivity index (χ1n) is 7.09. The van der Waals surface area contributed by atoms with Crippen molar-refractivity contribution in [1.29, 1.82) is 0 Å². The van der Waals surface area contributed by atoms with Gasteiger partial charge >= 0.3 is 0 Å². The van der Waals surface area contributed by atoms with Crippen LogP contribution in [0.5, 0.6) is 0 Å². The van der Waals surface area contributed by atoms with Crippen LogP contribution in [0.4, 0.5) is 14.6 Å². The predicted octanol–water partition coefficient (Wildman–Crippen LogP) is 2.81. The van der Waals surface area contributed by atoms with E-state index in [1.54, 1.807) is 4.68 Å². The Kier molecular flexibility index (Phi) is 4.01. The molecule has 8 heteroatoms. The fraction of sp³-hybridized carbons (Fsp3) is 0.333. The number of rotatable bonds is 2. The van der Waals surface area contributed by atoms with Gasteiger partial charge in [0.15, 0.2) is 0 Å². The third-order valence-corrected chi connectivity index (χ3v) is 4.88. The summed E-state index contributed by atoms with van der Waals surface area (Å²) in [5.41, 5.74) is 0.0679. The fourth-order valence-corrected chi connectivity index (χ4v) is 3.74. The molecule has 2 heterocycles. The molecule has 1 amide bonds. The van der Waals surface area contributed by atoms with E-state index in [1.165, 1.54) is 6.07 Å². The zero-order valence-electron chi connectivity index (χ0n) is 12.5. The van der Waals surface area contributed by atoms with E-state index in [4.69, 9.17) is 0 Å². The van der Waals surface area contributed by atoms with Gasteiger partial charge in [-0.1, -0.05) is 6.07 Å². The predicted molar refractivity (Wildman–Crippen MR) is 84.7 cm³/mol. The molecule has 0 spiro atoms. The van der Waals surface area contributed by atoms with Gasteiger partial charge in [-0.2, -0.15) is 0 Å². The lowest BCUT2D eigenvalue weighted by atomic mass is 10.1. The Morgan fingerprint density at radius 3 is 2.70 bits per heavy atom. The maximum absolute atomic E-state index is 14.2. The first kappa shape index (κ1) is 15.8. The van der Waals surface area contributed by atoms with Crippen LogP contribution in [0.2, 0.25) is 0 Å². The molecule has 23 heavy (non-hydrogen) atoms. The van der Waals surface area contributed by atoms with Crippen molar-refractivity contribution in [2.45, 2.75) is 25.1 Å². The molecule has 2 N–H and O–H groups in total. The zero-order valence-corrected chi connectivity index (χ0v) is 13.3. The van der Waals surface area contributed by atoms with Crippen LogP contribution >= 0.6 is 11.8 Å². The van der Waals surface area contributed by atoms with Crippen LogP contribution in [0.3, 0.4) is 0 Å². The molecule has 0 bridgehead atoms. The minimum Gasteiger partial charge on any atom is -0.310 e. The molecule has 1 aromatic carbocycles. The zero-order chi connectivity index (χ0) is 16.7. The number of aromatic nitrogens is 2. The summed E-state index contributed by atoms with van der Waals surface area (Å²) in [5, 5.41) is 4.68. The van der Waals surface area contributed by atoms with E-state index in [-0.39, 0.29) is 28.8 Å². The van der Waals surface area contributed by atoms with E-state index in [0.717, 1.165) is 23.9 Å². The molecule has 0 saturated heterocycles. The molecular formula is C15H15F2N3O2S. The summed E-state index contributed by atoms with van der Waals surface area (Å²) in [6.07, 6.45) is 0. The van der Waals surface area contributed by atoms with Crippen LogP contribution in [0, 0.1) is 11.6 Å². The van der Waals surface area contributed by atoms with E-state index >= 15 is 0 Å². The number of hydrogen-bond donors (Lipinski definition) is 2. The topological polar surface area (TPSA) is 66.9 Å². The molecule has 0 fully saturated rings. The minimum absolute atomic E-state index is 0.0771. The SMILES string of the molecule is CC(C)n1[nH]c(=O)c2c1NC(=O)CS[C@@H]2c1ccc(F)cc1F. The number of anilines is 1. The van der Waals surface area contributed by atoms with Crippen molar-refractivity contribution in [2.75, 3.05) is 11.1 Å². The number of H-pyrrole nitrogens is 1. The van der Waals surface area contributed by atoms with E-state index < -0.39 is 22.4 Å². The van der Waals surface area contributed by atoms with Gasteiger partial charge in [-0.15, -0.1) is 11.8 Å². The largest absolute Gasteiger partial charge is 0.310 e. The molecule has 2 aromatic rings. The van der Waals surface area contributed by atoms with E-state index in [0.29, 0.717) is 5.82 Å². The minimum atomic E-state index is -0.737. The maximum atomic E-state index is 14.2. The molecular weight excluding hydrogens is 324 g/mol. The van der Waals surface area contributed by atoms with Crippen molar-refractivity contribution in [3.05, 3.63) is 51.3 Å². The van der Waals surface area contributed by atoms with Gasteiger partial charge in [0.1, 0.15) is 17.5 Å². The number of aromatic amines is 1. The van der Waals surface area contributed by atoms with Crippen molar-refractivity contribution in [2.24, 2.45) is 0 Å². The van der Waals surface area contributed by atoms with E-state index in [2.05, 4.69) is 10.4 Å². The summed E-state index contributed by atoms with van der Waals surface area (Å²) in [6, 6.07) is 3.15. The summed E-state index contributed by atoms with van der Waals surface area (Å²) in [7, 11) is 0. The average molecular weight is 339 g/mol. The first-order valence-corrected chi connectivity index (χ1v) is 8.14. The highest BCUT2D eigenvalue weighted by Crippen LogP contribution is 2.41. The smallest absolute Gasteiger partial charge is 0.270 e. The third-order valence-electron chi connectivity index (χ3n) is 3.63. The second kappa shape index (κ2) is 5.84. The quantitative estimate of drug-likeness (QED) is 0.884. The lowest BCUT2D eigenvalue weighted by molar-refractivity contribution is -0.113. The van der Waals surface area contributed by atoms with Crippen LogP contribution in [0.15, 0.2) is 23.0 Å². The molecule has 0 radical (unpaired) electrons. The molecule has 0 unspecified atom stereocenters. The van der Waals surface area contributed by atoms with Crippen molar-refractivity contribution in [3.8, 4) is 0 Å². The molecule has 0 aliphatic carbocycles. The number of thioether (sulfide) groups is 1. The van der Waals surface area contributed by atoms with E-state index in [1.807, 2.05) is 13.8 Å². The number of carbonyl (C=O) groups excluding carboxylic acids is 1. The summed E-state index contributed by atoms with van der Waals surface area (Å²) < 4.78 is 28.9. The van der Waals surface area contributed by atoms with Crippen LogP contribution in [-0.4, -0.2) is 21.4 Å². The Labute approximate surface area is 135 Å². The Hall–Kier alpha value is -2.09. The van der Waals surface area contributed by atoms with Crippen LogP contribution in [0.1, 0.15) is 36.3 Å². The summed E-state index contributed by atoms with van der Waals surface area (Å²) in [6.45, 7) is 3.71. The third kappa shape index (κ3) is 2.78. The number of amides is 1. The molecule has 1 atom stereocenters. The van der Waals surface area contributed by atoms with Gasteiger partial charge in [-0.05, 0) is 19.9 Å². The van der Waals surface area contributed by atoms with Crippen LogP contribution in [0.25, 0.3) is 0 Å². The van der Waals surface area contributed by atoms with Gasteiger partial charge in [0.05, 0.1) is 16.6 Å². The number of benzene rings is 1. The van der Waals surface area contributed by atoms with Gasteiger partial charge in [-0.3, -0.25) is 19.4 Å². The Bertz CT molecular complexity index is 829. The fourth-order valence-electron chi connectivity index (χ4n) is 2.59. The highest BCUT2D eigenvalue weighted by molar-refractivity contribution is 8.00. The van der Waals surface area contributed by atoms with Gasteiger partial charge in [0.25, 0.3) is 5.56 Å². The van der Waals surface area contributed by atoms with Gasteiger partial charge < -0.3 is 5.32 Å². The summed E-state index contributed by atoms with van der Waals surface area (Å²) in [4.78, 5) is 24.3. The second-order valence-corrected chi connectivity index (χ2v) is 6.67. The number of nitrogens with zero attached hydrogens (tertiary/aromatic N) is 1. The monoisotopic (exact) mass is 339 g/mol. The second-order valence-electron chi connectivity index (χ2n) is 5.57. The number of hydrogen-bond acceptors (Lipinski definition) is 3. The summed E-state index contributed by atoms with van der Waals surface area (Å²) >= 11 is 1.14. The highest BCUT2D eigenvalue weighted by atomic mass is 32.2. The lowest BCUT2D eigenvalue weighted by Gasteiger charge is -2.15.